The molecule has 4 heteroatoms. The molecule has 0 atom stereocenters. The molecule has 0 aliphatic rings. The summed E-state index contributed by atoms with van der Waals surface area (Å²) in [6.45, 7) is 3.22. The van der Waals surface area contributed by atoms with E-state index in [0.717, 1.165) is 35.6 Å². The molecule has 0 spiro atoms. The topological polar surface area (TPSA) is 27.1 Å². The third kappa shape index (κ3) is 3.03. The maximum absolute atomic E-state index is 5.89. The quantitative estimate of drug-likeness (QED) is 0.566. The molecular weight excluding hydrogens is 260 g/mol. The fraction of sp³-hybridized carbons (Fsp3) is 0.533. The first-order chi connectivity index (χ1) is 9.31. The standard InChI is InChI=1S/C15H21ClN2O/c1-3-4-5-11-18-12-7-6-8-13(19-2)15(12)17-14(18)9-10-16/h6-8H,3-5,9-11H2,1-2H3. The normalized spacial score (nSPS) is 11.1. The van der Waals surface area contributed by atoms with Gasteiger partial charge in [0.2, 0.25) is 0 Å². The first kappa shape index (κ1) is 14.2. The van der Waals surface area contributed by atoms with Gasteiger partial charge in [0.25, 0.3) is 0 Å². The third-order valence-corrected chi connectivity index (χ3v) is 3.53. The van der Waals surface area contributed by atoms with Crippen LogP contribution in [0.4, 0.5) is 0 Å². The van der Waals surface area contributed by atoms with E-state index in [4.69, 9.17) is 21.3 Å². The molecule has 0 saturated carbocycles. The Morgan fingerprint density at radius 2 is 2.16 bits per heavy atom. The molecule has 0 radical (unpaired) electrons. The van der Waals surface area contributed by atoms with Gasteiger partial charge in [-0.1, -0.05) is 25.8 Å². The van der Waals surface area contributed by atoms with Crippen molar-refractivity contribution in [2.45, 2.75) is 39.2 Å². The van der Waals surface area contributed by atoms with Gasteiger partial charge in [-0.15, -0.1) is 11.6 Å². The summed E-state index contributed by atoms with van der Waals surface area (Å²) in [5.74, 6) is 2.49. The summed E-state index contributed by atoms with van der Waals surface area (Å²) in [4.78, 5) is 4.71. The number of methoxy groups -OCH3 is 1. The Balaban J connectivity index is 2.41. The van der Waals surface area contributed by atoms with Crippen molar-refractivity contribution < 1.29 is 4.74 Å². The zero-order chi connectivity index (χ0) is 13.7. The van der Waals surface area contributed by atoms with Gasteiger partial charge in [0.1, 0.15) is 17.1 Å². The average molecular weight is 281 g/mol. The zero-order valence-electron chi connectivity index (χ0n) is 11.7. The van der Waals surface area contributed by atoms with E-state index in [0.29, 0.717) is 5.88 Å². The fourth-order valence-corrected chi connectivity index (χ4v) is 2.55. The summed E-state index contributed by atoms with van der Waals surface area (Å²) >= 11 is 5.89. The van der Waals surface area contributed by atoms with Crippen molar-refractivity contribution in [1.29, 1.82) is 0 Å². The lowest BCUT2D eigenvalue weighted by Gasteiger charge is -2.08. The Kier molecular flexibility index (Phi) is 5.08. The second kappa shape index (κ2) is 6.80. The number of unbranched alkanes of at least 4 members (excludes halogenated alkanes) is 2. The number of halogens is 1. The van der Waals surface area contributed by atoms with Gasteiger partial charge in [-0.3, -0.25) is 0 Å². The molecule has 104 valence electrons. The Bertz CT molecular complexity index is 536. The van der Waals surface area contributed by atoms with Crippen molar-refractivity contribution in [2.24, 2.45) is 0 Å². The van der Waals surface area contributed by atoms with Crippen LogP contribution in [0.25, 0.3) is 11.0 Å². The van der Waals surface area contributed by atoms with Crippen molar-refractivity contribution in [1.82, 2.24) is 9.55 Å². The van der Waals surface area contributed by atoms with Gasteiger partial charge < -0.3 is 9.30 Å². The molecule has 3 nitrogen and oxygen atoms in total. The smallest absolute Gasteiger partial charge is 0.146 e. The lowest BCUT2D eigenvalue weighted by Crippen LogP contribution is -2.04. The number of alkyl halides is 1. The van der Waals surface area contributed by atoms with E-state index >= 15 is 0 Å². The van der Waals surface area contributed by atoms with Crippen molar-refractivity contribution in [3.05, 3.63) is 24.0 Å². The maximum atomic E-state index is 5.89. The van der Waals surface area contributed by atoms with E-state index in [-0.39, 0.29) is 0 Å². The highest BCUT2D eigenvalue weighted by molar-refractivity contribution is 6.17. The number of nitrogens with zero attached hydrogens (tertiary/aromatic N) is 2. The lowest BCUT2D eigenvalue weighted by molar-refractivity contribution is 0.419. The van der Waals surface area contributed by atoms with Gasteiger partial charge in [0.05, 0.1) is 12.6 Å². The number of aryl methyl sites for hydroxylation is 2. The van der Waals surface area contributed by atoms with Crippen LogP contribution in [0.1, 0.15) is 32.0 Å². The van der Waals surface area contributed by atoms with E-state index in [1.165, 1.54) is 19.3 Å². The van der Waals surface area contributed by atoms with Crippen LogP contribution in [0.3, 0.4) is 0 Å². The molecular formula is C15H21ClN2O. The molecule has 2 rings (SSSR count). The molecule has 1 aromatic heterocycles. The molecule has 0 aliphatic heterocycles. The predicted octanol–water partition coefficient (Wildman–Crippen LogP) is 4.02. The fourth-order valence-electron chi connectivity index (χ4n) is 2.38. The van der Waals surface area contributed by atoms with Crippen molar-refractivity contribution in [3.63, 3.8) is 0 Å². The number of aromatic nitrogens is 2. The molecule has 0 aliphatic carbocycles. The Hall–Kier alpha value is -1.22. The minimum absolute atomic E-state index is 0.597. The van der Waals surface area contributed by atoms with Gasteiger partial charge >= 0.3 is 0 Å². The number of ether oxygens (including phenoxy) is 1. The van der Waals surface area contributed by atoms with Crippen LogP contribution in [0.15, 0.2) is 18.2 Å². The van der Waals surface area contributed by atoms with E-state index in [2.05, 4.69) is 17.6 Å². The first-order valence-electron chi connectivity index (χ1n) is 6.89. The summed E-state index contributed by atoms with van der Waals surface area (Å²) in [7, 11) is 1.69. The van der Waals surface area contributed by atoms with Gasteiger partial charge in [-0.25, -0.2) is 4.98 Å². The summed E-state index contributed by atoms with van der Waals surface area (Å²) in [5, 5.41) is 0. The van der Waals surface area contributed by atoms with Gasteiger partial charge in [0.15, 0.2) is 0 Å². The molecule has 2 aromatic rings. The number of para-hydroxylation sites is 1. The van der Waals surface area contributed by atoms with Crippen LogP contribution in [0, 0.1) is 0 Å². The van der Waals surface area contributed by atoms with Crippen LogP contribution in [-0.2, 0) is 13.0 Å². The van der Waals surface area contributed by atoms with Crippen molar-refractivity contribution in [2.75, 3.05) is 13.0 Å². The number of imidazole rings is 1. The number of rotatable bonds is 7. The monoisotopic (exact) mass is 280 g/mol. The Morgan fingerprint density at radius 1 is 1.32 bits per heavy atom. The third-order valence-electron chi connectivity index (χ3n) is 3.34. The van der Waals surface area contributed by atoms with Crippen molar-refractivity contribution in [3.8, 4) is 5.75 Å². The molecule has 0 unspecified atom stereocenters. The first-order valence-corrected chi connectivity index (χ1v) is 7.43. The minimum Gasteiger partial charge on any atom is -0.494 e. The SMILES string of the molecule is CCCCCn1c(CCCl)nc2c(OC)cccc21. The number of hydrogen-bond donors (Lipinski definition) is 0. The predicted molar refractivity (Wildman–Crippen MR) is 80.2 cm³/mol. The molecule has 0 bridgehead atoms. The van der Waals surface area contributed by atoms with Gasteiger partial charge in [-0.05, 0) is 18.6 Å². The number of fused-ring (bicyclic) bond motifs is 1. The molecule has 0 fully saturated rings. The molecule has 1 aromatic carbocycles. The molecule has 0 amide bonds. The van der Waals surface area contributed by atoms with Crippen LogP contribution in [-0.4, -0.2) is 22.5 Å². The highest BCUT2D eigenvalue weighted by Crippen LogP contribution is 2.26. The van der Waals surface area contributed by atoms with Gasteiger partial charge in [0, 0.05) is 18.8 Å². The van der Waals surface area contributed by atoms with Gasteiger partial charge in [-0.2, -0.15) is 0 Å². The highest BCUT2D eigenvalue weighted by Gasteiger charge is 2.13. The van der Waals surface area contributed by atoms with E-state index in [9.17, 15) is 0 Å². The molecule has 1 heterocycles. The number of hydrogen-bond acceptors (Lipinski definition) is 2. The zero-order valence-corrected chi connectivity index (χ0v) is 12.4. The van der Waals surface area contributed by atoms with Crippen LogP contribution in [0.2, 0.25) is 0 Å². The number of benzene rings is 1. The van der Waals surface area contributed by atoms with Crippen LogP contribution < -0.4 is 4.74 Å². The summed E-state index contributed by atoms with van der Waals surface area (Å²) in [6.07, 6.45) is 4.44. The molecule has 19 heavy (non-hydrogen) atoms. The summed E-state index contributed by atoms with van der Waals surface area (Å²) in [5.41, 5.74) is 2.09. The summed E-state index contributed by atoms with van der Waals surface area (Å²) < 4.78 is 7.68. The van der Waals surface area contributed by atoms with E-state index < -0.39 is 0 Å². The van der Waals surface area contributed by atoms with Crippen LogP contribution in [0.5, 0.6) is 5.75 Å². The Morgan fingerprint density at radius 3 is 2.84 bits per heavy atom. The second-order valence-corrected chi connectivity index (χ2v) is 5.03. The van der Waals surface area contributed by atoms with E-state index in [1.54, 1.807) is 7.11 Å². The Labute approximate surface area is 119 Å². The summed E-state index contributed by atoms with van der Waals surface area (Å²) in [6, 6.07) is 6.08. The molecule has 0 saturated heterocycles. The van der Waals surface area contributed by atoms with Crippen molar-refractivity contribution >= 4 is 22.6 Å². The average Bonchev–Trinajstić information content (AvgIpc) is 2.77. The molecule has 0 N–H and O–H groups in total. The van der Waals surface area contributed by atoms with E-state index in [1.807, 2.05) is 12.1 Å². The second-order valence-electron chi connectivity index (χ2n) is 4.65. The van der Waals surface area contributed by atoms with Crippen LogP contribution >= 0.6 is 11.6 Å². The lowest BCUT2D eigenvalue weighted by atomic mass is 10.2. The minimum atomic E-state index is 0.597. The maximum Gasteiger partial charge on any atom is 0.146 e. The highest BCUT2D eigenvalue weighted by atomic mass is 35.5. The largest absolute Gasteiger partial charge is 0.494 e.